The molecular formula is C13H17N3O4. The Kier molecular flexibility index (Phi) is 5.52. The van der Waals surface area contributed by atoms with Crippen molar-refractivity contribution >= 4 is 23.6 Å². The van der Waals surface area contributed by atoms with Crippen molar-refractivity contribution < 1.29 is 19.5 Å². The number of hydrogen-bond donors (Lipinski definition) is 4. The lowest BCUT2D eigenvalue weighted by atomic mass is 10.1. The minimum atomic E-state index is -1.22. The van der Waals surface area contributed by atoms with Crippen molar-refractivity contribution in [1.29, 1.82) is 0 Å². The van der Waals surface area contributed by atoms with Crippen LogP contribution in [-0.4, -0.2) is 29.1 Å². The lowest BCUT2D eigenvalue weighted by molar-refractivity contribution is -0.139. The van der Waals surface area contributed by atoms with Crippen LogP contribution >= 0.6 is 0 Å². The fourth-order valence-corrected chi connectivity index (χ4v) is 1.51. The molecule has 0 aliphatic heterocycles. The van der Waals surface area contributed by atoms with Crippen molar-refractivity contribution in [3.8, 4) is 0 Å². The number of benzene rings is 1. The van der Waals surface area contributed by atoms with Crippen LogP contribution < -0.4 is 16.4 Å². The average molecular weight is 279 g/mol. The summed E-state index contributed by atoms with van der Waals surface area (Å²) in [5.41, 5.74) is 6.54. The van der Waals surface area contributed by atoms with Crippen LogP contribution in [-0.2, 0) is 9.59 Å². The number of anilines is 1. The van der Waals surface area contributed by atoms with E-state index in [4.69, 9.17) is 10.8 Å². The van der Waals surface area contributed by atoms with Crippen LogP contribution in [0.1, 0.15) is 18.4 Å². The number of nitrogens with one attached hydrogen (secondary N) is 2. The van der Waals surface area contributed by atoms with E-state index in [2.05, 4.69) is 10.6 Å². The van der Waals surface area contributed by atoms with Gasteiger partial charge in [0.05, 0.1) is 0 Å². The fraction of sp³-hybridized carbons (Fsp3) is 0.308. The van der Waals surface area contributed by atoms with Crippen molar-refractivity contribution in [2.24, 2.45) is 5.73 Å². The number of urea groups is 1. The van der Waals surface area contributed by atoms with Gasteiger partial charge < -0.3 is 21.5 Å². The standard InChI is InChI=1S/C13H17N3O4/c1-8-2-4-9(5-3-8)15-13(20)16-10(12(18)19)6-7-11(14)17/h2-5,10H,6-7H2,1H3,(H2,14,17)(H,18,19)(H2,15,16,20)/t10-/m1/s1. The molecule has 1 aromatic rings. The Hall–Kier alpha value is -2.57. The summed E-state index contributed by atoms with van der Waals surface area (Å²) in [4.78, 5) is 33.2. The van der Waals surface area contributed by atoms with Crippen LogP contribution in [0.4, 0.5) is 10.5 Å². The highest BCUT2D eigenvalue weighted by Gasteiger charge is 2.20. The van der Waals surface area contributed by atoms with Gasteiger partial charge in [-0.05, 0) is 25.5 Å². The van der Waals surface area contributed by atoms with Crippen molar-refractivity contribution in [1.82, 2.24) is 5.32 Å². The number of hydrogen-bond acceptors (Lipinski definition) is 3. The van der Waals surface area contributed by atoms with E-state index >= 15 is 0 Å². The number of carbonyl (C=O) groups is 3. The Bertz CT molecular complexity index is 499. The minimum absolute atomic E-state index is 0.0496. The Morgan fingerprint density at radius 1 is 1.25 bits per heavy atom. The van der Waals surface area contributed by atoms with Gasteiger partial charge in [-0.1, -0.05) is 17.7 Å². The molecule has 7 heteroatoms. The number of aliphatic carboxylic acids is 1. The molecule has 0 radical (unpaired) electrons. The summed E-state index contributed by atoms with van der Waals surface area (Å²) in [5, 5.41) is 13.7. The topological polar surface area (TPSA) is 122 Å². The molecule has 0 aromatic heterocycles. The van der Waals surface area contributed by atoms with Gasteiger partial charge in [0, 0.05) is 12.1 Å². The minimum Gasteiger partial charge on any atom is -0.480 e. The second-order valence-corrected chi connectivity index (χ2v) is 4.36. The number of carboxylic acid groups (broad SMARTS) is 1. The van der Waals surface area contributed by atoms with Gasteiger partial charge >= 0.3 is 12.0 Å². The Morgan fingerprint density at radius 2 is 1.85 bits per heavy atom. The predicted molar refractivity (Wildman–Crippen MR) is 73.2 cm³/mol. The molecule has 0 unspecified atom stereocenters. The third-order valence-electron chi connectivity index (χ3n) is 2.59. The third kappa shape index (κ3) is 5.38. The lowest BCUT2D eigenvalue weighted by Gasteiger charge is -2.14. The monoisotopic (exact) mass is 279 g/mol. The summed E-state index contributed by atoms with van der Waals surface area (Å²) in [5.74, 6) is -1.83. The maximum absolute atomic E-state index is 11.7. The second kappa shape index (κ2) is 7.13. The molecule has 0 saturated carbocycles. The van der Waals surface area contributed by atoms with E-state index in [1.807, 2.05) is 19.1 Å². The van der Waals surface area contributed by atoms with Gasteiger partial charge in [-0.2, -0.15) is 0 Å². The molecule has 1 aromatic carbocycles. The highest BCUT2D eigenvalue weighted by atomic mass is 16.4. The summed E-state index contributed by atoms with van der Waals surface area (Å²) in [6.07, 6.45) is -0.159. The summed E-state index contributed by atoms with van der Waals surface area (Å²) in [6, 6.07) is 5.23. The molecule has 20 heavy (non-hydrogen) atoms. The van der Waals surface area contributed by atoms with E-state index in [0.29, 0.717) is 5.69 Å². The molecule has 7 nitrogen and oxygen atoms in total. The van der Waals surface area contributed by atoms with E-state index in [1.165, 1.54) is 0 Å². The molecule has 0 spiro atoms. The van der Waals surface area contributed by atoms with Gasteiger partial charge in [0.1, 0.15) is 6.04 Å². The summed E-state index contributed by atoms with van der Waals surface area (Å²) >= 11 is 0. The first-order valence-electron chi connectivity index (χ1n) is 6.04. The fourth-order valence-electron chi connectivity index (χ4n) is 1.51. The first kappa shape index (κ1) is 15.5. The molecule has 1 rings (SSSR count). The Morgan fingerprint density at radius 3 is 2.35 bits per heavy atom. The molecule has 108 valence electrons. The number of rotatable bonds is 6. The molecule has 0 bridgehead atoms. The van der Waals surface area contributed by atoms with Crippen LogP contribution in [0.15, 0.2) is 24.3 Å². The van der Waals surface area contributed by atoms with Gasteiger partial charge in [-0.15, -0.1) is 0 Å². The van der Waals surface area contributed by atoms with E-state index < -0.39 is 23.9 Å². The third-order valence-corrected chi connectivity index (χ3v) is 2.59. The zero-order valence-electron chi connectivity index (χ0n) is 11.1. The molecule has 0 saturated heterocycles. The van der Waals surface area contributed by atoms with Crippen molar-refractivity contribution in [2.45, 2.75) is 25.8 Å². The number of aryl methyl sites for hydroxylation is 1. The largest absolute Gasteiger partial charge is 0.480 e. The van der Waals surface area contributed by atoms with E-state index in [0.717, 1.165) is 5.56 Å². The van der Waals surface area contributed by atoms with Crippen molar-refractivity contribution in [2.75, 3.05) is 5.32 Å². The molecular weight excluding hydrogens is 262 g/mol. The summed E-state index contributed by atoms with van der Waals surface area (Å²) in [7, 11) is 0. The van der Waals surface area contributed by atoms with E-state index in [1.54, 1.807) is 12.1 Å². The van der Waals surface area contributed by atoms with Gasteiger partial charge in [0.15, 0.2) is 0 Å². The number of carbonyl (C=O) groups excluding carboxylic acids is 2. The summed E-state index contributed by atoms with van der Waals surface area (Å²) < 4.78 is 0. The molecule has 5 N–H and O–H groups in total. The predicted octanol–water partition coefficient (Wildman–Crippen LogP) is 0.835. The van der Waals surface area contributed by atoms with Gasteiger partial charge in [0.25, 0.3) is 0 Å². The first-order chi connectivity index (χ1) is 9.38. The molecule has 0 aliphatic carbocycles. The summed E-state index contributed by atoms with van der Waals surface area (Å²) in [6.45, 7) is 1.91. The van der Waals surface area contributed by atoms with Crippen LogP contribution in [0.5, 0.6) is 0 Å². The average Bonchev–Trinajstić information content (AvgIpc) is 2.36. The zero-order chi connectivity index (χ0) is 15.1. The smallest absolute Gasteiger partial charge is 0.326 e. The van der Waals surface area contributed by atoms with Crippen molar-refractivity contribution in [3.05, 3.63) is 29.8 Å². The molecule has 3 amide bonds. The molecule has 0 heterocycles. The van der Waals surface area contributed by atoms with Gasteiger partial charge in [0.2, 0.25) is 5.91 Å². The normalized spacial score (nSPS) is 11.4. The van der Waals surface area contributed by atoms with E-state index in [-0.39, 0.29) is 12.8 Å². The van der Waals surface area contributed by atoms with E-state index in [9.17, 15) is 14.4 Å². The zero-order valence-corrected chi connectivity index (χ0v) is 11.1. The second-order valence-electron chi connectivity index (χ2n) is 4.36. The van der Waals surface area contributed by atoms with Gasteiger partial charge in [-0.3, -0.25) is 4.79 Å². The van der Waals surface area contributed by atoms with Gasteiger partial charge in [-0.25, -0.2) is 9.59 Å². The van der Waals surface area contributed by atoms with Crippen LogP contribution in [0.2, 0.25) is 0 Å². The molecule has 0 aliphatic rings. The Balaban J connectivity index is 2.55. The number of amides is 3. The number of nitrogens with two attached hydrogens (primary N) is 1. The quantitative estimate of drug-likeness (QED) is 0.616. The maximum atomic E-state index is 11.7. The first-order valence-corrected chi connectivity index (χ1v) is 6.04. The van der Waals surface area contributed by atoms with Crippen LogP contribution in [0, 0.1) is 6.92 Å². The maximum Gasteiger partial charge on any atom is 0.326 e. The number of carboxylic acids is 1. The highest BCUT2D eigenvalue weighted by Crippen LogP contribution is 2.08. The molecule has 1 atom stereocenters. The lowest BCUT2D eigenvalue weighted by Crippen LogP contribution is -2.43. The number of primary amides is 1. The highest BCUT2D eigenvalue weighted by molar-refractivity contribution is 5.92. The van der Waals surface area contributed by atoms with Crippen molar-refractivity contribution in [3.63, 3.8) is 0 Å². The Labute approximate surface area is 116 Å². The van der Waals surface area contributed by atoms with Crippen LogP contribution in [0.3, 0.4) is 0 Å². The molecule has 0 fully saturated rings. The SMILES string of the molecule is Cc1ccc(NC(=O)N[C@H](CCC(N)=O)C(=O)O)cc1. The van der Waals surface area contributed by atoms with Crippen LogP contribution in [0.25, 0.3) is 0 Å².